The zero-order valence-electron chi connectivity index (χ0n) is 23.0. The molecule has 4 aromatic carbocycles. The fourth-order valence-electron chi connectivity index (χ4n) is 7.54. The molecule has 4 amide bonds. The third-order valence-electron chi connectivity index (χ3n) is 9.14. The van der Waals surface area contributed by atoms with Gasteiger partial charge in [0, 0.05) is 10.0 Å². The molecule has 4 saturated heterocycles. The maximum Gasteiger partial charge on any atom is 0.253 e. The van der Waals surface area contributed by atoms with Gasteiger partial charge in [-0.15, -0.1) is 0 Å². The van der Waals surface area contributed by atoms with Gasteiger partial charge in [-0.2, -0.15) is 0 Å². The summed E-state index contributed by atoms with van der Waals surface area (Å²) in [7, 11) is 0. The van der Waals surface area contributed by atoms with Crippen LogP contribution in [-0.4, -0.2) is 45.7 Å². The number of carbonyl (C=O) groups excluding carboxylic acids is 4. The van der Waals surface area contributed by atoms with Gasteiger partial charge in [-0.1, -0.05) is 96.0 Å². The van der Waals surface area contributed by atoms with Gasteiger partial charge in [0.15, 0.2) is 0 Å². The Balaban J connectivity index is 1.33. The van der Waals surface area contributed by atoms with Gasteiger partial charge < -0.3 is 0 Å². The largest absolute Gasteiger partial charge is 0.274 e. The molecule has 0 spiro atoms. The lowest BCUT2D eigenvalue weighted by atomic mass is 9.84. The Labute approximate surface area is 262 Å². The van der Waals surface area contributed by atoms with E-state index in [9.17, 15) is 19.2 Å². The summed E-state index contributed by atoms with van der Waals surface area (Å²) in [6.45, 7) is 0. The Morgan fingerprint density at radius 2 is 0.818 bits per heavy atom. The van der Waals surface area contributed by atoms with Crippen molar-refractivity contribution in [2.24, 2.45) is 11.8 Å². The van der Waals surface area contributed by atoms with E-state index in [1.54, 1.807) is 48.5 Å². The Morgan fingerprint density at radius 1 is 0.432 bits per heavy atom. The minimum absolute atomic E-state index is 0.377. The van der Waals surface area contributed by atoms with Crippen LogP contribution in [0.25, 0.3) is 0 Å². The van der Waals surface area contributed by atoms with E-state index in [0.29, 0.717) is 21.4 Å². The molecular weight excluding hydrogens is 599 g/mol. The molecule has 4 aliphatic rings. The predicted octanol–water partition coefficient (Wildman–Crippen LogP) is 5.44. The number of anilines is 2. The molecule has 0 N–H and O–H groups in total. The number of halogens is 2. The molecule has 0 saturated carbocycles. The third-order valence-corrected chi connectivity index (χ3v) is 9.61. The molecule has 8 nitrogen and oxygen atoms in total. The number of rotatable bonds is 4. The van der Waals surface area contributed by atoms with Gasteiger partial charge in [0.1, 0.15) is 12.1 Å². The Bertz CT molecular complexity index is 1720. The molecule has 44 heavy (non-hydrogen) atoms. The summed E-state index contributed by atoms with van der Waals surface area (Å²) in [6, 6.07) is 28.9. The van der Waals surface area contributed by atoms with Crippen LogP contribution in [0.5, 0.6) is 0 Å². The highest BCUT2D eigenvalue weighted by atomic mass is 35.5. The summed E-state index contributed by atoms with van der Waals surface area (Å²) < 4.78 is 0. The van der Waals surface area contributed by atoms with Crippen molar-refractivity contribution in [3.8, 4) is 0 Å². The van der Waals surface area contributed by atoms with Crippen LogP contribution < -0.4 is 9.80 Å². The van der Waals surface area contributed by atoms with Gasteiger partial charge in [0.25, 0.3) is 11.8 Å². The van der Waals surface area contributed by atoms with E-state index in [1.165, 1.54) is 9.80 Å². The van der Waals surface area contributed by atoms with E-state index < -0.39 is 47.8 Å². The number of hydrogen-bond acceptors (Lipinski definition) is 6. The average Bonchev–Trinajstić information content (AvgIpc) is 3.69. The van der Waals surface area contributed by atoms with Crippen LogP contribution in [0.4, 0.5) is 11.4 Å². The van der Waals surface area contributed by atoms with E-state index >= 15 is 0 Å². The molecular formula is C34H24Cl2N4O4. The van der Waals surface area contributed by atoms with Crippen molar-refractivity contribution in [3.63, 3.8) is 0 Å². The van der Waals surface area contributed by atoms with E-state index in [1.807, 2.05) is 70.7 Å². The van der Waals surface area contributed by atoms with Gasteiger partial charge >= 0.3 is 0 Å². The van der Waals surface area contributed by atoms with Gasteiger partial charge in [0.05, 0.1) is 35.3 Å². The van der Waals surface area contributed by atoms with Crippen molar-refractivity contribution < 1.29 is 19.2 Å². The number of nitrogens with zero attached hydrogens (tertiary/aromatic N) is 4. The number of carbonyl (C=O) groups is 4. The molecule has 0 aliphatic carbocycles. The Morgan fingerprint density at radius 3 is 1.18 bits per heavy atom. The van der Waals surface area contributed by atoms with Crippen LogP contribution >= 0.6 is 23.2 Å². The number of hydrogen-bond donors (Lipinski definition) is 0. The van der Waals surface area contributed by atoms with Crippen LogP contribution in [0.15, 0.2) is 109 Å². The molecule has 0 radical (unpaired) electrons. The lowest BCUT2D eigenvalue weighted by Crippen LogP contribution is -2.50. The minimum Gasteiger partial charge on any atom is -0.274 e. The second-order valence-corrected chi connectivity index (χ2v) is 12.3. The highest BCUT2D eigenvalue weighted by molar-refractivity contribution is 6.32. The fraction of sp³-hybridized carbons (Fsp3) is 0.176. The number of imide groups is 2. The highest BCUT2D eigenvalue weighted by Crippen LogP contribution is 2.59. The summed E-state index contributed by atoms with van der Waals surface area (Å²) in [5.41, 5.74) is 2.31. The predicted molar refractivity (Wildman–Crippen MR) is 164 cm³/mol. The molecule has 4 fully saturated rings. The molecule has 6 atom stereocenters. The third kappa shape index (κ3) is 3.78. The van der Waals surface area contributed by atoms with Crippen LogP contribution in [0, 0.1) is 11.8 Å². The van der Waals surface area contributed by atoms with Crippen molar-refractivity contribution in [1.29, 1.82) is 0 Å². The summed E-state index contributed by atoms with van der Waals surface area (Å²) in [4.78, 5) is 59.9. The molecule has 8 rings (SSSR count). The van der Waals surface area contributed by atoms with Gasteiger partial charge in [-0.3, -0.25) is 19.2 Å². The van der Waals surface area contributed by atoms with Crippen molar-refractivity contribution in [1.82, 2.24) is 10.0 Å². The first-order chi connectivity index (χ1) is 21.4. The lowest BCUT2D eigenvalue weighted by Gasteiger charge is -2.35. The number of hydrazine groups is 1. The van der Waals surface area contributed by atoms with Crippen LogP contribution in [-0.2, 0) is 19.2 Å². The topological polar surface area (TPSA) is 81.2 Å². The normalized spacial score (nSPS) is 28.1. The summed E-state index contributed by atoms with van der Waals surface area (Å²) in [6.07, 6.45) is 0. The highest BCUT2D eigenvalue weighted by Gasteiger charge is 2.73. The first kappa shape index (κ1) is 27.2. The van der Waals surface area contributed by atoms with Crippen molar-refractivity contribution >= 4 is 58.2 Å². The van der Waals surface area contributed by atoms with E-state index in [4.69, 9.17) is 23.2 Å². The molecule has 0 aromatic heterocycles. The second kappa shape index (κ2) is 10.1. The number of fused-ring (bicyclic) bond motifs is 5. The maximum atomic E-state index is 14.4. The number of amides is 4. The molecule has 218 valence electrons. The molecule has 4 aliphatic heterocycles. The summed E-state index contributed by atoms with van der Waals surface area (Å²) in [5, 5.41) is 4.50. The van der Waals surface area contributed by atoms with Crippen LogP contribution in [0.1, 0.15) is 23.2 Å². The van der Waals surface area contributed by atoms with Gasteiger partial charge in [-0.25, -0.2) is 19.8 Å². The maximum absolute atomic E-state index is 14.4. The van der Waals surface area contributed by atoms with Crippen LogP contribution in [0.3, 0.4) is 0 Å². The molecule has 4 heterocycles. The monoisotopic (exact) mass is 622 g/mol. The molecule has 0 bridgehead atoms. The van der Waals surface area contributed by atoms with Crippen molar-refractivity contribution in [2.45, 2.75) is 24.2 Å². The van der Waals surface area contributed by atoms with Gasteiger partial charge in [0.2, 0.25) is 11.8 Å². The molecule has 10 heteroatoms. The molecule has 0 unspecified atom stereocenters. The van der Waals surface area contributed by atoms with E-state index in [-0.39, 0.29) is 11.8 Å². The second-order valence-electron chi connectivity index (χ2n) is 11.4. The first-order valence-corrected chi connectivity index (χ1v) is 15.1. The van der Waals surface area contributed by atoms with Crippen molar-refractivity contribution in [2.75, 3.05) is 9.80 Å². The van der Waals surface area contributed by atoms with Gasteiger partial charge in [-0.05, 0) is 47.5 Å². The Hall–Kier alpha value is -4.34. The zero-order chi connectivity index (χ0) is 30.3. The summed E-state index contributed by atoms with van der Waals surface area (Å²) in [5.74, 6) is -3.26. The number of benzene rings is 4. The quantitative estimate of drug-likeness (QED) is 0.282. The van der Waals surface area contributed by atoms with E-state index in [2.05, 4.69) is 0 Å². The smallest absolute Gasteiger partial charge is 0.253 e. The van der Waals surface area contributed by atoms with Crippen molar-refractivity contribution in [3.05, 3.63) is 130 Å². The van der Waals surface area contributed by atoms with Crippen LogP contribution in [0.2, 0.25) is 10.0 Å². The fourth-order valence-corrected chi connectivity index (χ4v) is 7.91. The first-order valence-electron chi connectivity index (χ1n) is 14.3. The Kier molecular flexibility index (Phi) is 6.25. The zero-order valence-corrected chi connectivity index (χ0v) is 24.5. The molecule has 4 aromatic rings. The SMILES string of the molecule is O=C1[C@@H]2[C@@H](C(=O)N1c1cccc(Cl)c1)N1[C@@H](c3ccccc3)[C@H]3C(=O)N(c4cccc(Cl)c4)C(=O)[C@@H]3N1[C@@H]2c1ccccc1. The summed E-state index contributed by atoms with van der Waals surface area (Å²) >= 11 is 12.5. The van der Waals surface area contributed by atoms with E-state index in [0.717, 1.165) is 11.1 Å². The standard InChI is InChI=1S/C34H24Cl2N4O4/c35-21-13-7-15-23(17-21)37-31(41)25-27(19-9-3-1-4-10-19)39-30-26(32(42)38(34(30)44)24-16-8-14-22(36)18-24)28(20-11-5-2-6-12-20)40(39)29(25)33(37)43/h1-18,25-30H/t25-,26+,27+,28-,29-,30+. The minimum atomic E-state index is -0.942. The lowest BCUT2D eigenvalue weighted by molar-refractivity contribution is -0.136. The average molecular weight is 623 g/mol.